The lowest BCUT2D eigenvalue weighted by Gasteiger charge is -2.11. The Labute approximate surface area is 154 Å². The second-order valence-electron chi connectivity index (χ2n) is 4.65. The predicted octanol–water partition coefficient (Wildman–Crippen LogP) is 2.24. The minimum Gasteiger partial charge on any atom is -0.438 e. The summed E-state index contributed by atoms with van der Waals surface area (Å²) in [4.78, 5) is 24.1. The van der Waals surface area contributed by atoms with Crippen molar-refractivity contribution >= 4 is 35.4 Å². The number of urea groups is 1. The number of anilines is 2. The highest BCUT2D eigenvalue weighted by Crippen LogP contribution is 2.30. The summed E-state index contributed by atoms with van der Waals surface area (Å²) in [7, 11) is 1.39. The van der Waals surface area contributed by atoms with Crippen LogP contribution in [0.3, 0.4) is 0 Å². The van der Waals surface area contributed by atoms with E-state index in [0.717, 1.165) is 0 Å². The first-order valence-electron chi connectivity index (χ1n) is 7.18. The topological polar surface area (TPSA) is 124 Å². The molecule has 0 aliphatic carbocycles. The van der Waals surface area contributed by atoms with Gasteiger partial charge >= 0.3 is 6.03 Å². The Bertz CT molecular complexity index is 866. The zero-order valence-corrected chi connectivity index (χ0v) is 14.4. The number of nitrogens with two attached hydrogens (primary N) is 1. The van der Waals surface area contributed by atoms with Crippen molar-refractivity contribution < 1.29 is 14.4 Å². The van der Waals surface area contributed by atoms with Gasteiger partial charge in [0.1, 0.15) is 30.6 Å². The number of terminal acetylenes is 1. The number of aromatic nitrogens is 2. The van der Waals surface area contributed by atoms with Crippen LogP contribution in [0.4, 0.5) is 16.3 Å². The highest BCUT2D eigenvalue weighted by Gasteiger charge is 2.12. The Hall–Kier alpha value is -3.51. The first-order chi connectivity index (χ1) is 12.5. The number of oxime groups is 1. The molecule has 0 fully saturated rings. The maximum Gasteiger partial charge on any atom is 0.320 e. The van der Waals surface area contributed by atoms with Crippen LogP contribution in [0.15, 0.2) is 29.7 Å². The van der Waals surface area contributed by atoms with Crippen molar-refractivity contribution in [2.75, 3.05) is 24.7 Å². The van der Waals surface area contributed by atoms with E-state index in [1.54, 1.807) is 12.1 Å². The van der Waals surface area contributed by atoms with E-state index < -0.39 is 6.03 Å². The van der Waals surface area contributed by atoms with Gasteiger partial charge in [-0.15, -0.1) is 6.42 Å². The van der Waals surface area contributed by atoms with Crippen molar-refractivity contribution in [1.29, 1.82) is 0 Å². The van der Waals surface area contributed by atoms with Gasteiger partial charge in [-0.1, -0.05) is 22.7 Å². The number of hydrogen-bond acceptors (Lipinski definition) is 7. The number of nitrogen functional groups attached to an aromatic ring is 1. The third-order valence-corrected chi connectivity index (χ3v) is 3.23. The maximum atomic E-state index is 11.6. The molecule has 0 unspecified atom stereocenters. The number of rotatable bonds is 6. The van der Waals surface area contributed by atoms with Gasteiger partial charge in [-0.05, 0) is 12.1 Å². The minimum absolute atomic E-state index is 0.103. The average Bonchev–Trinajstić information content (AvgIpc) is 2.62. The van der Waals surface area contributed by atoms with E-state index in [1.807, 2.05) is 0 Å². The first kappa shape index (κ1) is 18.8. The Morgan fingerprint density at radius 1 is 1.50 bits per heavy atom. The average molecular weight is 375 g/mol. The highest BCUT2D eigenvalue weighted by molar-refractivity contribution is 6.33. The molecule has 2 aromatic rings. The lowest BCUT2D eigenvalue weighted by atomic mass is 10.3. The molecule has 10 heteroatoms. The first-order valence-corrected chi connectivity index (χ1v) is 7.55. The van der Waals surface area contributed by atoms with E-state index in [-0.39, 0.29) is 23.3 Å². The number of carbonyl (C=O) groups is 1. The van der Waals surface area contributed by atoms with Crippen molar-refractivity contribution in [3.8, 4) is 24.0 Å². The van der Waals surface area contributed by atoms with E-state index in [4.69, 9.17) is 28.5 Å². The quantitative estimate of drug-likeness (QED) is 0.404. The van der Waals surface area contributed by atoms with Crippen LogP contribution in [0.5, 0.6) is 11.6 Å². The summed E-state index contributed by atoms with van der Waals surface area (Å²) in [6, 6.07) is 4.20. The fourth-order valence-electron chi connectivity index (χ4n) is 1.77. The van der Waals surface area contributed by atoms with Gasteiger partial charge in [0, 0.05) is 6.07 Å². The van der Waals surface area contributed by atoms with E-state index in [0.29, 0.717) is 17.0 Å². The zero-order chi connectivity index (χ0) is 18.9. The molecule has 9 nitrogen and oxygen atoms in total. The van der Waals surface area contributed by atoms with Gasteiger partial charge in [-0.25, -0.2) is 14.8 Å². The summed E-state index contributed by atoms with van der Waals surface area (Å²) >= 11 is 6.16. The minimum atomic E-state index is -0.472. The SMILES string of the molecule is C#CCNC(=O)Nc1ccc(Oc2ncnc(N)c2C=NOC)cc1Cl. The maximum absolute atomic E-state index is 11.6. The third kappa shape index (κ3) is 4.99. The second kappa shape index (κ2) is 9.10. The number of amides is 2. The number of benzene rings is 1. The van der Waals surface area contributed by atoms with Crippen LogP contribution < -0.4 is 21.1 Å². The Morgan fingerprint density at radius 3 is 3.00 bits per heavy atom. The largest absolute Gasteiger partial charge is 0.438 e. The Kier molecular flexibility index (Phi) is 6.59. The molecule has 134 valence electrons. The normalized spacial score (nSPS) is 10.2. The van der Waals surface area contributed by atoms with Crippen LogP contribution in [-0.2, 0) is 4.84 Å². The molecule has 0 atom stereocenters. The van der Waals surface area contributed by atoms with E-state index in [9.17, 15) is 4.79 Å². The van der Waals surface area contributed by atoms with Crippen LogP contribution in [0.2, 0.25) is 5.02 Å². The molecule has 2 amide bonds. The molecule has 4 N–H and O–H groups in total. The molecule has 0 aliphatic heterocycles. The van der Waals surface area contributed by atoms with Gasteiger partial charge in [-0.3, -0.25) is 0 Å². The molecule has 0 saturated carbocycles. The lowest BCUT2D eigenvalue weighted by molar-refractivity contribution is 0.215. The Morgan fingerprint density at radius 2 is 2.31 bits per heavy atom. The summed E-state index contributed by atoms with van der Waals surface area (Å²) in [5, 5.41) is 8.92. The van der Waals surface area contributed by atoms with Gasteiger partial charge in [0.15, 0.2) is 0 Å². The smallest absolute Gasteiger partial charge is 0.320 e. The third-order valence-electron chi connectivity index (χ3n) is 2.92. The number of halogens is 1. The monoisotopic (exact) mass is 374 g/mol. The highest BCUT2D eigenvalue weighted by atomic mass is 35.5. The summed E-state index contributed by atoms with van der Waals surface area (Å²) in [6.07, 6.45) is 7.66. The number of hydrogen-bond donors (Lipinski definition) is 3. The van der Waals surface area contributed by atoms with Gasteiger partial charge in [0.2, 0.25) is 5.88 Å². The van der Waals surface area contributed by atoms with Crippen molar-refractivity contribution in [2.24, 2.45) is 5.16 Å². The van der Waals surface area contributed by atoms with E-state index in [2.05, 4.69) is 36.5 Å². The lowest BCUT2D eigenvalue weighted by Crippen LogP contribution is -2.28. The number of carbonyl (C=O) groups excluding carboxylic acids is 1. The number of nitrogens with one attached hydrogen (secondary N) is 2. The molecular formula is C16H15ClN6O3. The van der Waals surface area contributed by atoms with Crippen LogP contribution in [0.1, 0.15) is 5.56 Å². The predicted molar refractivity (Wildman–Crippen MR) is 98.4 cm³/mol. The van der Waals surface area contributed by atoms with Crippen molar-refractivity contribution in [3.05, 3.63) is 35.1 Å². The van der Waals surface area contributed by atoms with E-state index in [1.165, 1.54) is 25.7 Å². The fourth-order valence-corrected chi connectivity index (χ4v) is 1.99. The summed E-state index contributed by atoms with van der Waals surface area (Å²) in [6.45, 7) is 0.103. The standard InChI is InChI=1S/C16H15ClN6O3/c1-3-6-19-16(24)23-13-5-4-10(7-12(13)17)26-15-11(8-22-25-2)14(18)20-9-21-15/h1,4-5,7-9H,6H2,2H3,(H2,18,20,21)(H2,19,23,24). The van der Waals surface area contributed by atoms with Gasteiger partial charge in [0.05, 0.1) is 23.5 Å². The molecule has 1 aromatic carbocycles. The second-order valence-corrected chi connectivity index (χ2v) is 5.06. The molecule has 1 heterocycles. The zero-order valence-electron chi connectivity index (χ0n) is 13.7. The van der Waals surface area contributed by atoms with Gasteiger partial charge < -0.3 is 25.9 Å². The van der Waals surface area contributed by atoms with Crippen LogP contribution in [0, 0.1) is 12.3 Å². The van der Waals surface area contributed by atoms with Gasteiger partial charge in [-0.2, -0.15) is 0 Å². The Balaban J connectivity index is 2.18. The molecule has 26 heavy (non-hydrogen) atoms. The van der Waals surface area contributed by atoms with Crippen molar-refractivity contribution in [2.45, 2.75) is 0 Å². The van der Waals surface area contributed by atoms with Crippen molar-refractivity contribution in [3.63, 3.8) is 0 Å². The van der Waals surface area contributed by atoms with Crippen molar-refractivity contribution in [1.82, 2.24) is 15.3 Å². The molecule has 1 aromatic heterocycles. The summed E-state index contributed by atoms with van der Waals surface area (Å²) in [5.74, 6) is 3.00. The van der Waals surface area contributed by atoms with Crippen LogP contribution in [-0.4, -0.2) is 35.9 Å². The molecule has 0 bridgehead atoms. The molecular weight excluding hydrogens is 360 g/mol. The van der Waals surface area contributed by atoms with E-state index >= 15 is 0 Å². The van der Waals surface area contributed by atoms with Gasteiger partial charge in [0.25, 0.3) is 0 Å². The summed E-state index contributed by atoms with van der Waals surface area (Å²) in [5.41, 5.74) is 6.53. The molecule has 2 rings (SSSR count). The van der Waals surface area contributed by atoms with Crippen LogP contribution in [0.25, 0.3) is 0 Å². The van der Waals surface area contributed by atoms with Crippen LogP contribution >= 0.6 is 11.6 Å². The molecule has 0 radical (unpaired) electrons. The summed E-state index contributed by atoms with van der Waals surface area (Å²) < 4.78 is 5.68. The molecule has 0 aliphatic rings. The molecule has 0 saturated heterocycles. The fraction of sp³-hybridized carbons (Fsp3) is 0.125. The number of nitrogens with zero attached hydrogens (tertiary/aromatic N) is 3. The molecule has 0 spiro atoms. The number of ether oxygens (including phenoxy) is 1.